The summed E-state index contributed by atoms with van der Waals surface area (Å²) in [6.45, 7) is 4.53. The minimum absolute atomic E-state index is 0.181. The Kier molecular flexibility index (Phi) is 8.55. The molecule has 0 spiro atoms. The molecule has 2 amide bonds. The molecule has 37 heavy (non-hydrogen) atoms. The van der Waals surface area contributed by atoms with E-state index in [9.17, 15) is 9.59 Å². The Bertz CT molecular complexity index is 1200. The molecule has 2 aromatic carbocycles. The molecule has 1 aliphatic heterocycles. The third-order valence-corrected chi connectivity index (χ3v) is 7.10. The zero-order chi connectivity index (χ0) is 26.4. The van der Waals surface area contributed by atoms with E-state index in [1.54, 1.807) is 48.3 Å². The summed E-state index contributed by atoms with van der Waals surface area (Å²) in [5, 5.41) is 3.89. The number of ether oxygens (including phenoxy) is 4. The van der Waals surface area contributed by atoms with Gasteiger partial charge in [0.1, 0.15) is 6.61 Å². The van der Waals surface area contributed by atoms with Gasteiger partial charge in [-0.05, 0) is 48.7 Å². The summed E-state index contributed by atoms with van der Waals surface area (Å²) in [6.07, 6.45) is -0.393. The number of hydrogen-bond donors (Lipinski definition) is 0. The number of benzene rings is 2. The van der Waals surface area contributed by atoms with E-state index in [4.69, 9.17) is 18.9 Å². The number of hydrogen-bond acceptors (Lipinski definition) is 7. The Hall–Kier alpha value is -3.72. The second-order valence-electron chi connectivity index (χ2n) is 8.74. The van der Waals surface area contributed by atoms with Gasteiger partial charge in [-0.2, -0.15) is 11.3 Å². The second-order valence-corrected chi connectivity index (χ2v) is 9.52. The van der Waals surface area contributed by atoms with Crippen LogP contribution in [0.15, 0.2) is 59.3 Å². The lowest BCUT2D eigenvalue weighted by molar-refractivity contribution is 0.0807. The van der Waals surface area contributed by atoms with Crippen LogP contribution in [0, 0.1) is 0 Å². The van der Waals surface area contributed by atoms with Crippen molar-refractivity contribution in [2.45, 2.75) is 45.5 Å². The van der Waals surface area contributed by atoms with E-state index in [-0.39, 0.29) is 25.3 Å². The van der Waals surface area contributed by atoms with Crippen molar-refractivity contribution in [3.8, 4) is 11.5 Å². The third-order valence-electron chi connectivity index (χ3n) is 6.37. The van der Waals surface area contributed by atoms with Gasteiger partial charge in [0, 0.05) is 29.8 Å². The minimum Gasteiger partial charge on any atom is -0.493 e. The lowest BCUT2D eigenvalue weighted by atomic mass is 9.90. The van der Waals surface area contributed by atoms with Crippen LogP contribution in [-0.2, 0) is 22.6 Å². The van der Waals surface area contributed by atoms with Gasteiger partial charge in [0.15, 0.2) is 11.5 Å². The molecule has 1 aromatic heterocycles. The lowest BCUT2D eigenvalue weighted by Crippen LogP contribution is -2.47. The number of carbonyl (C=O) groups is 2. The summed E-state index contributed by atoms with van der Waals surface area (Å²) in [7, 11) is 3.11. The maximum atomic E-state index is 13.4. The van der Waals surface area contributed by atoms with Crippen molar-refractivity contribution in [3.63, 3.8) is 0 Å². The standard InChI is InChI=1S/C28H32N2O6S/c1-5-35-27(31)29(16-20-9-7-6-8-10-20)23-13-19(2)30(28(32)36-17-21-11-12-37-18-21)24-15-26(34-4)25(33-3)14-22(23)24/h6-12,14-15,18-19,23H,5,13,16-17H2,1-4H3/t19-,23+/m0/s1. The van der Waals surface area contributed by atoms with Crippen molar-refractivity contribution < 1.29 is 28.5 Å². The van der Waals surface area contributed by atoms with Gasteiger partial charge in [-0.15, -0.1) is 0 Å². The molecule has 2 atom stereocenters. The highest BCUT2D eigenvalue weighted by Gasteiger charge is 2.40. The van der Waals surface area contributed by atoms with Crippen LogP contribution in [0.3, 0.4) is 0 Å². The molecule has 4 rings (SSSR count). The maximum Gasteiger partial charge on any atom is 0.414 e. The number of methoxy groups -OCH3 is 2. The number of thiophene rings is 1. The summed E-state index contributed by atoms with van der Waals surface area (Å²) in [4.78, 5) is 29.9. The monoisotopic (exact) mass is 524 g/mol. The zero-order valence-corrected chi connectivity index (χ0v) is 22.3. The molecule has 0 bridgehead atoms. The van der Waals surface area contributed by atoms with Crippen LogP contribution in [0.25, 0.3) is 0 Å². The van der Waals surface area contributed by atoms with Crippen LogP contribution >= 0.6 is 11.3 Å². The van der Waals surface area contributed by atoms with Gasteiger partial charge in [-0.3, -0.25) is 9.80 Å². The van der Waals surface area contributed by atoms with Gasteiger partial charge in [0.05, 0.1) is 32.6 Å². The van der Waals surface area contributed by atoms with Crippen molar-refractivity contribution in [1.82, 2.24) is 4.90 Å². The van der Waals surface area contributed by atoms with Crippen molar-refractivity contribution in [3.05, 3.63) is 76.0 Å². The Morgan fingerprint density at radius 3 is 2.41 bits per heavy atom. The van der Waals surface area contributed by atoms with Crippen LogP contribution in [-0.4, -0.2) is 44.0 Å². The molecule has 0 N–H and O–H groups in total. The predicted molar refractivity (Wildman–Crippen MR) is 142 cm³/mol. The van der Waals surface area contributed by atoms with Crippen LogP contribution in [0.4, 0.5) is 15.3 Å². The maximum absolute atomic E-state index is 13.4. The molecule has 196 valence electrons. The molecule has 0 radical (unpaired) electrons. The molecule has 0 aliphatic carbocycles. The average molecular weight is 525 g/mol. The quantitative estimate of drug-likeness (QED) is 0.339. The van der Waals surface area contributed by atoms with Crippen molar-refractivity contribution >= 4 is 29.2 Å². The van der Waals surface area contributed by atoms with Crippen LogP contribution in [0.1, 0.15) is 43.0 Å². The van der Waals surface area contributed by atoms with E-state index < -0.39 is 12.2 Å². The van der Waals surface area contributed by atoms with Crippen LogP contribution in [0.5, 0.6) is 11.5 Å². The van der Waals surface area contributed by atoms with Gasteiger partial charge in [0.25, 0.3) is 0 Å². The molecule has 0 fully saturated rings. The van der Waals surface area contributed by atoms with Crippen molar-refractivity contribution in [2.75, 3.05) is 25.7 Å². The number of amides is 2. The van der Waals surface area contributed by atoms with Crippen LogP contribution < -0.4 is 14.4 Å². The summed E-state index contributed by atoms with van der Waals surface area (Å²) in [5.41, 5.74) is 3.28. The Balaban J connectivity index is 1.75. The summed E-state index contributed by atoms with van der Waals surface area (Å²) in [5.74, 6) is 0.992. The average Bonchev–Trinajstić information content (AvgIpc) is 3.44. The van der Waals surface area contributed by atoms with E-state index in [0.29, 0.717) is 30.2 Å². The van der Waals surface area contributed by atoms with Gasteiger partial charge < -0.3 is 18.9 Å². The molecule has 1 aliphatic rings. The highest BCUT2D eigenvalue weighted by molar-refractivity contribution is 7.07. The van der Waals surface area contributed by atoms with Gasteiger partial charge >= 0.3 is 12.2 Å². The smallest absolute Gasteiger partial charge is 0.414 e. The first kappa shape index (κ1) is 26.3. The van der Waals surface area contributed by atoms with Gasteiger partial charge in [-0.1, -0.05) is 30.3 Å². The molecule has 0 saturated heterocycles. The first-order chi connectivity index (χ1) is 18.0. The first-order valence-corrected chi connectivity index (χ1v) is 13.1. The molecule has 8 nitrogen and oxygen atoms in total. The van der Waals surface area contributed by atoms with Gasteiger partial charge in [0.2, 0.25) is 0 Å². The van der Waals surface area contributed by atoms with E-state index in [1.807, 2.05) is 60.1 Å². The van der Waals surface area contributed by atoms with E-state index in [0.717, 1.165) is 16.7 Å². The molecule has 0 saturated carbocycles. The Morgan fingerprint density at radius 1 is 1.03 bits per heavy atom. The van der Waals surface area contributed by atoms with Gasteiger partial charge in [-0.25, -0.2) is 9.59 Å². The predicted octanol–water partition coefficient (Wildman–Crippen LogP) is 6.40. The fourth-order valence-electron chi connectivity index (χ4n) is 4.60. The molecule has 9 heteroatoms. The molecular weight excluding hydrogens is 492 g/mol. The Morgan fingerprint density at radius 2 is 1.76 bits per heavy atom. The normalized spacial score (nSPS) is 16.5. The van der Waals surface area contributed by atoms with Crippen molar-refractivity contribution in [2.24, 2.45) is 0 Å². The number of fused-ring (bicyclic) bond motifs is 1. The fraction of sp³-hybridized carbons (Fsp3) is 0.357. The topological polar surface area (TPSA) is 77.5 Å². The van der Waals surface area contributed by atoms with E-state index >= 15 is 0 Å². The van der Waals surface area contributed by atoms with E-state index in [2.05, 4.69) is 0 Å². The SMILES string of the molecule is CCOC(=O)N(Cc1ccccc1)[C@@H]1C[C@H](C)N(C(=O)OCc2ccsc2)c2cc(OC)c(OC)cc21. The fourth-order valence-corrected chi connectivity index (χ4v) is 5.26. The number of carbonyl (C=O) groups excluding carboxylic acids is 2. The number of rotatable bonds is 8. The lowest BCUT2D eigenvalue weighted by Gasteiger charge is -2.42. The molecule has 3 aromatic rings. The second kappa shape index (κ2) is 12.0. The first-order valence-electron chi connectivity index (χ1n) is 12.2. The number of nitrogens with zero attached hydrogens (tertiary/aromatic N) is 2. The highest BCUT2D eigenvalue weighted by Crippen LogP contribution is 2.46. The van der Waals surface area contributed by atoms with Crippen molar-refractivity contribution in [1.29, 1.82) is 0 Å². The largest absolute Gasteiger partial charge is 0.493 e. The molecule has 0 unspecified atom stereocenters. The molecular formula is C28H32N2O6S. The highest BCUT2D eigenvalue weighted by atomic mass is 32.1. The number of anilines is 1. The molecule has 2 heterocycles. The summed E-state index contributed by atoms with van der Waals surface area (Å²) < 4.78 is 22.3. The zero-order valence-electron chi connectivity index (χ0n) is 21.5. The third kappa shape index (κ3) is 5.83. The van der Waals surface area contributed by atoms with E-state index in [1.165, 1.54) is 0 Å². The minimum atomic E-state index is -0.462. The Labute approximate surface area is 221 Å². The summed E-state index contributed by atoms with van der Waals surface area (Å²) >= 11 is 1.55. The van der Waals surface area contributed by atoms with Crippen LogP contribution in [0.2, 0.25) is 0 Å². The summed E-state index contributed by atoms with van der Waals surface area (Å²) in [6, 6.07) is 14.7.